The van der Waals surface area contributed by atoms with Gasteiger partial charge in [0.15, 0.2) is 5.16 Å². The van der Waals surface area contributed by atoms with Crippen LogP contribution in [0.5, 0.6) is 0 Å². The van der Waals surface area contributed by atoms with Crippen LogP contribution in [0.2, 0.25) is 0 Å². The second kappa shape index (κ2) is 12.8. The van der Waals surface area contributed by atoms with E-state index in [1.807, 2.05) is 66.7 Å². The molecule has 0 spiro atoms. The van der Waals surface area contributed by atoms with Crippen molar-refractivity contribution in [2.24, 2.45) is 0 Å². The Morgan fingerprint density at radius 3 is 2.21 bits per heavy atom. The van der Waals surface area contributed by atoms with Gasteiger partial charge in [0.1, 0.15) is 5.82 Å². The topological polar surface area (TPSA) is 71.0 Å². The summed E-state index contributed by atoms with van der Waals surface area (Å²) in [4.78, 5) is 28.4. The summed E-state index contributed by atoms with van der Waals surface area (Å²) in [5.41, 5.74) is 5.91. The van der Waals surface area contributed by atoms with Crippen molar-refractivity contribution in [1.29, 1.82) is 0 Å². The third-order valence-corrected chi connectivity index (χ3v) is 7.12. The summed E-state index contributed by atoms with van der Waals surface area (Å²) in [7, 11) is 2.05. The molecule has 2 aromatic heterocycles. The number of carbonyl (C=O) groups is 1. The monoisotopic (exact) mass is 531 g/mol. The molecule has 0 atom stereocenters. The van der Waals surface area contributed by atoms with Gasteiger partial charge in [0, 0.05) is 55.5 Å². The van der Waals surface area contributed by atoms with Crippen LogP contribution in [-0.4, -0.2) is 27.9 Å². The molecule has 2 heterocycles. The molecule has 1 N–H and O–H groups in total. The van der Waals surface area contributed by atoms with Gasteiger partial charge in [-0.05, 0) is 41.0 Å². The maximum absolute atomic E-state index is 12.6. The third kappa shape index (κ3) is 7.30. The van der Waals surface area contributed by atoms with E-state index in [-0.39, 0.29) is 5.91 Å². The predicted octanol–water partition coefficient (Wildman–Crippen LogP) is 6.40. The summed E-state index contributed by atoms with van der Waals surface area (Å²) in [5, 5.41) is 3.67. The second-order valence-corrected chi connectivity index (χ2v) is 10.1. The van der Waals surface area contributed by atoms with Crippen molar-refractivity contribution in [3.8, 4) is 11.3 Å². The number of rotatable bonds is 10. The maximum atomic E-state index is 12.6. The van der Waals surface area contributed by atoms with Crippen molar-refractivity contribution in [2.45, 2.75) is 24.0 Å². The highest BCUT2D eigenvalue weighted by Gasteiger charge is 2.12. The van der Waals surface area contributed by atoms with Crippen LogP contribution >= 0.6 is 11.8 Å². The average Bonchev–Trinajstić information content (AvgIpc) is 3.00. The zero-order valence-electron chi connectivity index (χ0n) is 21.7. The minimum Gasteiger partial charge on any atom is -0.355 e. The van der Waals surface area contributed by atoms with Crippen molar-refractivity contribution in [3.05, 3.63) is 138 Å². The summed E-state index contributed by atoms with van der Waals surface area (Å²) in [5.74, 6) is 1.46. The number of hydrogen-bond acceptors (Lipinski definition) is 6. The molecule has 1 amide bonds. The Hall–Kier alpha value is -4.49. The van der Waals surface area contributed by atoms with E-state index in [2.05, 4.69) is 58.6 Å². The summed E-state index contributed by atoms with van der Waals surface area (Å²) >= 11 is 1.59. The SMILES string of the molecule is CN(Cc1ccccc1)c1cc(-c2ccccc2)nc(SCc2ccc(C(=O)NCc3ccncc3)cc2)n1. The molecule has 0 aliphatic rings. The quantitative estimate of drug-likeness (QED) is 0.166. The van der Waals surface area contributed by atoms with Gasteiger partial charge >= 0.3 is 0 Å². The summed E-state index contributed by atoms with van der Waals surface area (Å²) in [6, 6.07) is 34.1. The van der Waals surface area contributed by atoms with Crippen molar-refractivity contribution >= 4 is 23.5 Å². The summed E-state index contributed by atoms with van der Waals surface area (Å²) < 4.78 is 0. The predicted molar refractivity (Wildman–Crippen MR) is 157 cm³/mol. The highest BCUT2D eigenvalue weighted by atomic mass is 32.2. The smallest absolute Gasteiger partial charge is 0.251 e. The van der Waals surface area contributed by atoms with Crippen LogP contribution < -0.4 is 10.2 Å². The number of nitrogens with zero attached hydrogens (tertiary/aromatic N) is 4. The number of hydrogen-bond donors (Lipinski definition) is 1. The lowest BCUT2D eigenvalue weighted by Gasteiger charge is -2.20. The zero-order chi connectivity index (χ0) is 26.9. The maximum Gasteiger partial charge on any atom is 0.251 e. The lowest BCUT2D eigenvalue weighted by molar-refractivity contribution is 0.0951. The average molecular weight is 532 g/mol. The Balaban J connectivity index is 1.27. The number of thioether (sulfide) groups is 1. The first-order valence-corrected chi connectivity index (χ1v) is 13.7. The lowest BCUT2D eigenvalue weighted by atomic mass is 10.1. The Bertz CT molecular complexity index is 1500. The van der Waals surface area contributed by atoms with Crippen LogP contribution in [-0.2, 0) is 18.8 Å². The van der Waals surface area contributed by atoms with Crippen LogP contribution in [0.25, 0.3) is 11.3 Å². The molecule has 7 heteroatoms. The van der Waals surface area contributed by atoms with Gasteiger partial charge in [0.05, 0.1) is 5.69 Å². The molecule has 6 nitrogen and oxygen atoms in total. The minimum atomic E-state index is -0.101. The van der Waals surface area contributed by atoms with Crippen molar-refractivity contribution < 1.29 is 4.79 Å². The number of benzene rings is 3. The van der Waals surface area contributed by atoms with Gasteiger partial charge in [-0.25, -0.2) is 9.97 Å². The molecular formula is C32H29N5OS. The fraction of sp³-hybridized carbons (Fsp3) is 0.125. The van der Waals surface area contributed by atoms with Crippen molar-refractivity contribution in [2.75, 3.05) is 11.9 Å². The molecule has 0 saturated carbocycles. The van der Waals surface area contributed by atoms with Gasteiger partial charge in [0.2, 0.25) is 0 Å². The minimum absolute atomic E-state index is 0.101. The molecule has 5 rings (SSSR count). The first-order valence-electron chi connectivity index (χ1n) is 12.7. The van der Waals surface area contributed by atoms with E-state index < -0.39 is 0 Å². The van der Waals surface area contributed by atoms with Gasteiger partial charge < -0.3 is 10.2 Å². The van der Waals surface area contributed by atoms with Crippen LogP contribution in [0.4, 0.5) is 5.82 Å². The Kier molecular flexibility index (Phi) is 8.61. The Morgan fingerprint density at radius 2 is 1.49 bits per heavy atom. The normalized spacial score (nSPS) is 10.7. The number of anilines is 1. The molecule has 5 aromatic rings. The van der Waals surface area contributed by atoms with E-state index in [9.17, 15) is 4.79 Å². The fourth-order valence-corrected chi connectivity index (χ4v) is 4.86. The third-order valence-electron chi connectivity index (χ3n) is 6.20. The molecule has 39 heavy (non-hydrogen) atoms. The number of pyridine rings is 1. The van der Waals surface area contributed by atoms with E-state index in [0.29, 0.717) is 23.0 Å². The molecular weight excluding hydrogens is 502 g/mol. The highest BCUT2D eigenvalue weighted by molar-refractivity contribution is 7.98. The van der Waals surface area contributed by atoms with Gasteiger partial charge in [-0.2, -0.15) is 0 Å². The summed E-state index contributed by atoms with van der Waals surface area (Å²) in [6.45, 7) is 1.22. The van der Waals surface area contributed by atoms with E-state index in [4.69, 9.17) is 9.97 Å². The molecule has 3 aromatic carbocycles. The Labute approximate surface area is 233 Å². The van der Waals surface area contributed by atoms with Crippen LogP contribution in [0.1, 0.15) is 27.0 Å². The highest BCUT2D eigenvalue weighted by Crippen LogP contribution is 2.27. The van der Waals surface area contributed by atoms with Crippen LogP contribution in [0.15, 0.2) is 121 Å². The second-order valence-electron chi connectivity index (χ2n) is 9.13. The Morgan fingerprint density at radius 1 is 0.795 bits per heavy atom. The molecule has 0 aliphatic carbocycles. The number of amides is 1. The number of carbonyl (C=O) groups excluding carboxylic acids is 1. The first-order chi connectivity index (χ1) is 19.1. The molecule has 0 unspecified atom stereocenters. The van der Waals surface area contributed by atoms with Crippen LogP contribution in [0, 0.1) is 0 Å². The molecule has 0 radical (unpaired) electrons. The molecule has 0 aliphatic heterocycles. The standard InChI is InChI=1S/C32H29N5OS/c1-37(22-25-8-4-2-5-9-25)30-20-29(27-10-6-3-7-11-27)35-32(36-30)39-23-26-12-14-28(15-13-26)31(38)34-21-24-16-18-33-19-17-24/h2-20H,21-23H2,1H3,(H,34,38). The van der Waals surface area contributed by atoms with E-state index in [0.717, 1.165) is 34.7 Å². The lowest BCUT2D eigenvalue weighted by Crippen LogP contribution is -2.22. The summed E-state index contributed by atoms with van der Waals surface area (Å²) in [6.07, 6.45) is 3.44. The van der Waals surface area contributed by atoms with Gasteiger partial charge in [-0.1, -0.05) is 84.6 Å². The van der Waals surface area contributed by atoms with Gasteiger partial charge in [-0.15, -0.1) is 0 Å². The molecule has 0 bridgehead atoms. The van der Waals surface area contributed by atoms with Gasteiger partial charge in [0.25, 0.3) is 5.91 Å². The first kappa shape index (κ1) is 26.1. The van der Waals surface area contributed by atoms with E-state index in [1.165, 1.54) is 5.56 Å². The van der Waals surface area contributed by atoms with Crippen molar-refractivity contribution in [1.82, 2.24) is 20.3 Å². The zero-order valence-corrected chi connectivity index (χ0v) is 22.5. The largest absolute Gasteiger partial charge is 0.355 e. The molecule has 194 valence electrons. The van der Waals surface area contributed by atoms with Gasteiger partial charge in [-0.3, -0.25) is 9.78 Å². The van der Waals surface area contributed by atoms with E-state index in [1.54, 1.807) is 24.2 Å². The van der Waals surface area contributed by atoms with Crippen molar-refractivity contribution in [3.63, 3.8) is 0 Å². The molecule has 0 fully saturated rings. The fourth-order valence-electron chi connectivity index (χ4n) is 4.05. The number of nitrogens with one attached hydrogen (secondary N) is 1. The molecule has 0 saturated heterocycles. The number of aromatic nitrogens is 3. The van der Waals surface area contributed by atoms with Crippen LogP contribution in [0.3, 0.4) is 0 Å². The van der Waals surface area contributed by atoms with E-state index >= 15 is 0 Å².